The lowest BCUT2D eigenvalue weighted by Crippen LogP contribution is -2.60. The summed E-state index contributed by atoms with van der Waals surface area (Å²) in [6.07, 6.45) is 1.76. The molecular weight excluding hydrogens is 327 g/mol. The minimum atomic E-state index is 0.129. The first-order valence-corrected chi connectivity index (χ1v) is 8.03. The predicted octanol–water partition coefficient (Wildman–Crippen LogP) is 1.98. The Hall–Kier alpha value is -1.01. The highest BCUT2D eigenvalue weighted by atomic mass is 35.5. The van der Waals surface area contributed by atoms with E-state index < -0.39 is 0 Å². The van der Waals surface area contributed by atoms with Crippen molar-refractivity contribution >= 4 is 29.1 Å². The summed E-state index contributed by atoms with van der Waals surface area (Å²) in [5, 5.41) is 18.3. The van der Waals surface area contributed by atoms with Crippen molar-refractivity contribution in [2.45, 2.75) is 18.9 Å². The average Bonchev–Trinajstić information content (AvgIpc) is 2.85. The molecule has 22 heavy (non-hydrogen) atoms. The number of carbonyl (C=O) groups excluding carboxylic acids is 1. The molecule has 1 amide bonds. The van der Waals surface area contributed by atoms with Crippen LogP contribution in [0, 0.1) is 0 Å². The fourth-order valence-corrected chi connectivity index (χ4v) is 2.90. The van der Waals surface area contributed by atoms with Crippen molar-refractivity contribution in [1.29, 1.82) is 0 Å². The number of carbonyl (C=O) groups is 1. The average molecular weight is 347 g/mol. The van der Waals surface area contributed by atoms with E-state index >= 15 is 0 Å². The van der Waals surface area contributed by atoms with E-state index in [1.165, 1.54) is 12.1 Å². The van der Waals surface area contributed by atoms with E-state index in [0.29, 0.717) is 22.0 Å². The number of hydrogen-bond donors (Lipinski definition) is 2. The Morgan fingerprint density at radius 2 is 1.95 bits per heavy atom. The van der Waals surface area contributed by atoms with Gasteiger partial charge in [0.25, 0.3) is 0 Å². The van der Waals surface area contributed by atoms with E-state index in [1.54, 1.807) is 6.07 Å². The van der Waals surface area contributed by atoms with Crippen molar-refractivity contribution in [3.63, 3.8) is 0 Å². The number of rotatable bonds is 3. The van der Waals surface area contributed by atoms with E-state index in [4.69, 9.17) is 33.4 Å². The number of aliphatic hydroxyl groups excluding tert-OH is 1. The number of phenolic OH excluding ortho intramolecular Hbond substituents is 1. The van der Waals surface area contributed by atoms with Crippen LogP contribution in [-0.4, -0.2) is 64.7 Å². The Morgan fingerprint density at radius 3 is 2.45 bits per heavy atom. The van der Waals surface area contributed by atoms with Crippen LogP contribution in [0.15, 0.2) is 18.2 Å². The van der Waals surface area contributed by atoms with Crippen LogP contribution in [-0.2, 0) is 4.79 Å². The van der Waals surface area contributed by atoms with Crippen LogP contribution in [0.25, 0.3) is 0 Å². The summed E-state index contributed by atoms with van der Waals surface area (Å²) in [6.45, 7) is 3.81. The highest BCUT2D eigenvalue weighted by molar-refractivity contribution is 6.42. The summed E-state index contributed by atoms with van der Waals surface area (Å²) >= 11 is 11.1. The van der Waals surface area contributed by atoms with E-state index in [2.05, 4.69) is 4.90 Å². The van der Waals surface area contributed by atoms with Crippen LogP contribution in [0.5, 0.6) is 5.75 Å². The maximum atomic E-state index is 11.3. The van der Waals surface area contributed by atoms with E-state index in [1.807, 2.05) is 4.90 Å². The summed E-state index contributed by atoms with van der Waals surface area (Å²) in [5.74, 6) is 0.443. The molecule has 0 aromatic heterocycles. The van der Waals surface area contributed by atoms with E-state index in [-0.39, 0.29) is 12.4 Å². The van der Waals surface area contributed by atoms with Crippen LogP contribution in [0.4, 0.5) is 0 Å². The van der Waals surface area contributed by atoms with E-state index in [9.17, 15) is 4.79 Å². The molecule has 0 unspecified atom stereocenters. The number of aliphatic hydroxyl groups is 1. The number of β-amino-alcohol motifs (C(OH)–C–C–N with tert-alkyl or cyclic N) is 1. The van der Waals surface area contributed by atoms with Gasteiger partial charge in [0.05, 0.1) is 22.7 Å². The Kier molecular flexibility index (Phi) is 6.32. The number of phenols is 1. The fraction of sp³-hybridized carbons (Fsp3) is 0.533. The zero-order valence-corrected chi connectivity index (χ0v) is 13.7. The maximum Gasteiger partial charge on any atom is 0.222 e. The molecule has 0 radical (unpaired) electrons. The third-order valence-electron chi connectivity index (χ3n) is 3.81. The zero-order valence-electron chi connectivity index (χ0n) is 12.2. The lowest BCUT2D eigenvalue weighted by Gasteiger charge is -2.43. The first-order valence-electron chi connectivity index (χ1n) is 7.28. The molecule has 1 aromatic carbocycles. The molecule has 0 aliphatic carbocycles. The van der Waals surface area contributed by atoms with Crippen molar-refractivity contribution < 1.29 is 15.0 Å². The standard InChI is InChI=1S/C9H16N2O2.C6H4Cl2O/c12-5-4-10-6-8(7-10)11-3-1-2-9(11)13;7-5-2-1-4(9)3-6(5)8/h8,12H,1-7H2;1-3,9H. The lowest BCUT2D eigenvalue weighted by molar-refractivity contribution is -0.132. The van der Waals surface area contributed by atoms with Crippen molar-refractivity contribution in [2.24, 2.45) is 0 Å². The van der Waals surface area contributed by atoms with Crippen LogP contribution in [0.1, 0.15) is 12.8 Å². The number of nitrogens with zero attached hydrogens (tertiary/aromatic N) is 2. The SMILES string of the molecule is O=C1CCCN1C1CN(CCO)C1.Oc1ccc(Cl)c(Cl)c1. The van der Waals surface area contributed by atoms with Crippen molar-refractivity contribution in [3.05, 3.63) is 28.2 Å². The number of amides is 1. The monoisotopic (exact) mass is 346 g/mol. The lowest BCUT2D eigenvalue weighted by atomic mass is 10.1. The molecule has 2 saturated heterocycles. The number of halogens is 2. The second kappa shape index (κ2) is 8.02. The Bertz CT molecular complexity index is 522. The van der Waals surface area contributed by atoms with Gasteiger partial charge >= 0.3 is 0 Å². The van der Waals surface area contributed by atoms with Crippen LogP contribution in [0.3, 0.4) is 0 Å². The normalized spacial score (nSPS) is 18.9. The molecule has 7 heteroatoms. The molecule has 5 nitrogen and oxygen atoms in total. The van der Waals surface area contributed by atoms with Gasteiger partial charge in [-0.3, -0.25) is 9.69 Å². The molecule has 0 atom stereocenters. The quantitative estimate of drug-likeness (QED) is 0.878. The van der Waals surface area contributed by atoms with Crippen LogP contribution in [0.2, 0.25) is 10.0 Å². The third kappa shape index (κ3) is 4.49. The Morgan fingerprint density at radius 1 is 1.23 bits per heavy atom. The second-order valence-electron chi connectivity index (χ2n) is 5.43. The molecule has 0 spiro atoms. The zero-order chi connectivity index (χ0) is 16.1. The molecule has 2 fully saturated rings. The van der Waals surface area contributed by atoms with Gasteiger partial charge in [-0.2, -0.15) is 0 Å². The van der Waals surface area contributed by atoms with Gasteiger partial charge in [-0.15, -0.1) is 0 Å². The summed E-state index contributed by atoms with van der Waals surface area (Å²) in [7, 11) is 0. The predicted molar refractivity (Wildman–Crippen MR) is 86.4 cm³/mol. The Balaban J connectivity index is 0.000000172. The summed E-state index contributed by atoms with van der Waals surface area (Å²) in [6, 6.07) is 4.85. The highest BCUT2D eigenvalue weighted by Gasteiger charge is 2.35. The van der Waals surface area contributed by atoms with Crippen molar-refractivity contribution in [2.75, 3.05) is 32.8 Å². The van der Waals surface area contributed by atoms with Crippen molar-refractivity contribution in [3.8, 4) is 5.75 Å². The highest BCUT2D eigenvalue weighted by Crippen LogP contribution is 2.25. The molecule has 2 N–H and O–H groups in total. The topological polar surface area (TPSA) is 64.0 Å². The summed E-state index contributed by atoms with van der Waals surface area (Å²) in [5.41, 5.74) is 0. The molecular formula is C15H20Cl2N2O3. The van der Waals surface area contributed by atoms with Gasteiger partial charge in [0.1, 0.15) is 5.75 Å². The molecule has 2 heterocycles. The molecule has 3 rings (SSSR count). The smallest absolute Gasteiger partial charge is 0.222 e. The van der Waals surface area contributed by atoms with Gasteiger partial charge in [-0.05, 0) is 24.6 Å². The molecule has 1 aromatic rings. The largest absolute Gasteiger partial charge is 0.508 e. The van der Waals surface area contributed by atoms with Gasteiger partial charge in [0.2, 0.25) is 5.91 Å². The first-order chi connectivity index (χ1) is 10.5. The number of benzene rings is 1. The molecule has 0 bridgehead atoms. The first kappa shape index (κ1) is 17.3. The number of likely N-dealkylation sites (tertiary alicyclic amines) is 2. The van der Waals surface area contributed by atoms with Gasteiger partial charge in [0.15, 0.2) is 0 Å². The summed E-state index contributed by atoms with van der Waals surface area (Å²) in [4.78, 5) is 15.5. The summed E-state index contributed by atoms with van der Waals surface area (Å²) < 4.78 is 0. The van der Waals surface area contributed by atoms with Crippen LogP contribution < -0.4 is 0 Å². The Labute approximate surface area is 140 Å². The van der Waals surface area contributed by atoms with Gasteiger partial charge in [-0.25, -0.2) is 0 Å². The van der Waals surface area contributed by atoms with Gasteiger partial charge < -0.3 is 15.1 Å². The molecule has 2 aliphatic rings. The van der Waals surface area contributed by atoms with E-state index in [0.717, 1.165) is 39.0 Å². The minimum Gasteiger partial charge on any atom is -0.508 e. The van der Waals surface area contributed by atoms with Crippen molar-refractivity contribution in [1.82, 2.24) is 9.80 Å². The molecule has 122 valence electrons. The number of aromatic hydroxyl groups is 1. The van der Waals surface area contributed by atoms with Gasteiger partial charge in [0, 0.05) is 32.6 Å². The molecule has 2 aliphatic heterocycles. The number of hydrogen-bond acceptors (Lipinski definition) is 4. The molecule has 0 saturated carbocycles. The maximum absolute atomic E-state index is 11.3. The fourth-order valence-electron chi connectivity index (χ4n) is 2.60. The van der Waals surface area contributed by atoms with Crippen LogP contribution >= 0.6 is 23.2 Å². The third-order valence-corrected chi connectivity index (χ3v) is 4.55. The minimum absolute atomic E-state index is 0.129. The second-order valence-corrected chi connectivity index (χ2v) is 6.24. The van der Waals surface area contributed by atoms with Gasteiger partial charge in [-0.1, -0.05) is 23.2 Å².